The molecule has 8 heteroatoms. The topological polar surface area (TPSA) is 96.9 Å². The van der Waals surface area contributed by atoms with Gasteiger partial charge in [-0.05, 0) is 54.7 Å². The number of ketones is 1. The fraction of sp³-hybridized carbons (Fsp3) is 0.333. The molecular weight excluding hydrogens is 352 g/mol. The number of benzene rings is 1. The second-order valence-electron chi connectivity index (χ2n) is 6.46. The Kier molecular flexibility index (Phi) is 4.37. The molecule has 4 rings (SSSR count). The van der Waals surface area contributed by atoms with Crippen LogP contribution in [0.4, 0.5) is 0 Å². The van der Waals surface area contributed by atoms with E-state index in [2.05, 4.69) is 15.2 Å². The van der Waals surface area contributed by atoms with Crippen LogP contribution in [0.5, 0.6) is 0 Å². The summed E-state index contributed by atoms with van der Waals surface area (Å²) in [6.07, 6.45) is 8.20. The molecule has 3 aromatic rings. The van der Waals surface area contributed by atoms with Crippen LogP contribution in [0.3, 0.4) is 0 Å². The van der Waals surface area contributed by atoms with E-state index in [0.29, 0.717) is 21.8 Å². The Morgan fingerprint density at radius 1 is 1.38 bits per heavy atom. The second kappa shape index (κ2) is 6.69. The van der Waals surface area contributed by atoms with Crippen LogP contribution in [0.15, 0.2) is 46.5 Å². The van der Waals surface area contributed by atoms with E-state index in [-0.39, 0.29) is 17.7 Å². The van der Waals surface area contributed by atoms with Gasteiger partial charge in [-0.15, -0.1) is 0 Å². The summed E-state index contributed by atoms with van der Waals surface area (Å²) in [5, 5.41) is 8.00. The molecule has 1 aromatic carbocycles. The van der Waals surface area contributed by atoms with Crippen LogP contribution in [0.2, 0.25) is 0 Å². The molecule has 2 atom stereocenters. The first-order valence-corrected chi connectivity index (χ1v) is 9.93. The first-order chi connectivity index (χ1) is 12.6. The number of carbonyl (C=O) groups is 1. The lowest BCUT2D eigenvalue weighted by Gasteiger charge is -2.17. The van der Waals surface area contributed by atoms with Crippen LogP contribution in [0.1, 0.15) is 59.0 Å². The lowest BCUT2D eigenvalue weighted by molar-refractivity contribution is 0.103. The summed E-state index contributed by atoms with van der Waals surface area (Å²) in [5.74, 6) is 0.816. The third-order valence-electron chi connectivity index (χ3n) is 4.67. The summed E-state index contributed by atoms with van der Waals surface area (Å²) in [4.78, 5) is 17.9. The highest BCUT2D eigenvalue weighted by atomic mass is 32.2. The summed E-state index contributed by atoms with van der Waals surface area (Å²) in [7, 11) is 0. The Hall–Kier alpha value is -2.45. The normalized spacial score (nSPS) is 16.4. The monoisotopic (exact) mass is 370 g/mol. The Labute approximate surface area is 153 Å². The molecule has 1 aliphatic carbocycles. The van der Waals surface area contributed by atoms with E-state index in [1.54, 1.807) is 35.5 Å². The fourth-order valence-corrected chi connectivity index (χ4v) is 3.59. The molecular formula is C18H18N4O3S. The third kappa shape index (κ3) is 3.06. The number of carbonyl (C=O) groups excluding carboxylic acids is 1. The summed E-state index contributed by atoms with van der Waals surface area (Å²) in [6, 6.07) is 5.03. The van der Waals surface area contributed by atoms with E-state index in [1.807, 2.05) is 6.92 Å². The van der Waals surface area contributed by atoms with E-state index in [1.165, 1.54) is 12.5 Å². The summed E-state index contributed by atoms with van der Waals surface area (Å²) < 4.78 is 18.9. The number of aromatic nitrogens is 4. The van der Waals surface area contributed by atoms with Crippen molar-refractivity contribution in [3.8, 4) is 0 Å². The molecule has 0 saturated heterocycles. The molecule has 7 nitrogen and oxygen atoms in total. The van der Waals surface area contributed by atoms with E-state index in [9.17, 15) is 9.35 Å². The summed E-state index contributed by atoms with van der Waals surface area (Å²) >= 11 is -1.15. The predicted octanol–water partition coefficient (Wildman–Crippen LogP) is 2.72. The van der Waals surface area contributed by atoms with Gasteiger partial charge in [0.15, 0.2) is 16.4 Å². The highest BCUT2D eigenvalue weighted by molar-refractivity contribution is 7.90. The molecule has 26 heavy (non-hydrogen) atoms. The van der Waals surface area contributed by atoms with Crippen molar-refractivity contribution in [2.75, 3.05) is 6.26 Å². The minimum absolute atomic E-state index is 0.136. The Morgan fingerprint density at radius 2 is 2.19 bits per heavy atom. The average molecular weight is 370 g/mol. The zero-order valence-electron chi connectivity index (χ0n) is 14.5. The van der Waals surface area contributed by atoms with Gasteiger partial charge in [-0.1, -0.05) is 5.16 Å². The van der Waals surface area contributed by atoms with Crippen molar-refractivity contribution >= 4 is 17.0 Å². The van der Waals surface area contributed by atoms with Crippen molar-refractivity contribution in [3.63, 3.8) is 0 Å². The summed E-state index contributed by atoms with van der Waals surface area (Å²) in [5.41, 5.74) is 1.79. The molecule has 0 spiro atoms. The van der Waals surface area contributed by atoms with Crippen LogP contribution in [0, 0.1) is 0 Å². The minimum Gasteiger partial charge on any atom is -0.612 e. The van der Waals surface area contributed by atoms with E-state index < -0.39 is 11.2 Å². The van der Waals surface area contributed by atoms with Crippen molar-refractivity contribution in [1.29, 1.82) is 0 Å². The summed E-state index contributed by atoms with van der Waals surface area (Å²) in [6.45, 7) is 1.93. The molecule has 1 aliphatic rings. The van der Waals surface area contributed by atoms with Crippen LogP contribution >= 0.6 is 0 Å². The lowest BCUT2D eigenvalue weighted by atomic mass is 9.94. The van der Waals surface area contributed by atoms with Gasteiger partial charge in [0.25, 0.3) is 0 Å². The highest BCUT2D eigenvalue weighted by Gasteiger charge is 2.33. The van der Waals surface area contributed by atoms with E-state index >= 15 is 0 Å². The Balaban J connectivity index is 1.79. The number of hydrogen-bond acceptors (Lipinski definition) is 6. The zero-order chi connectivity index (χ0) is 18.3. The van der Waals surface area contributed by atoms with Gasteiger partial charge in [0.2, 0.25) is 0 Å². The molecule has 1 saturated carbocycles. The van der Waals surface area contributed by atoms with E-state index in [4.69, 9.17) is 4.52 Å². The van der Waals surface area contributed by atoms with Crippen LogP contribution in [0.25, 0.3) is 0 Å². The van der Waals surface area contributed by atoms with Crippen molar-refractivity contribution < 1.29 is 13.9 Å². The maximum absolute atomic E-state index is 13.2. The molecule has 0 aliphatic heterocycles. The van der Waals surface area contributed by atoms with Gasteiger partial charge in [0.1, 0.15) is 18.9 Å². The maximum atomic E-state index is 13.2. The molecule has 2 heterocycles. The number of nitrogens with zero attached hydrogens (tertiary/aromatic N) is 4. The minimum atomic E-state index is -1.15. The Bertz CT molecular complexity index is 932. The SMILES string of the molecule is CC(c1cc([S+](C)[O-])ccc1C(=O)c1cnoc1C1CC1)n1cncn1. The van der Waals surface area contributed by atoms with Gasteiger partial charge in [0, 0.05) is 11.5 Å². The molecule has 134 valence electrons. The van der Waals surface area contributed by atoms with Gasteiger partial charge >= 0.3 is 0 Å². The van der Waals surface area contributed by atoms with Crippen LogP contribution in [-0.2, 0) is 11.2 Å². The van der Waals surface area contributed by atoms with Crippen molar-refractivity contribution in [2.24, 2.45) is 0 Å². The van der Waals surface area contributed by atoms with Gasteiger partial charge in [-0.3, -0.25) is 4.79 Å². The zero-order valence-corrected chi connectivity index (χ0v) is 15.3. The van der Waals surface area contributed by atoms with Gasteiger partial charge in [-0.25, -0.2) is 9.67 Å². The predicted molar refractivity (Wildman–Crippen MR) is 94.5 cm³/mol. The standard InChI is InChI=1S/C18H18N4O3S/c1-11(22-10-19-9-20-22)15-7-13(26(2)24)5-6-14(15)17(23)16-8-21-25-18(16)12-3-4-12/h5-12H,3-4H2,1-2H3. The molecule has 0 radical (unpaired) electrons. The molecule has 0 N–H and O–H groups in total. The smallest absolute Gasteiger partial charge is 0.198 e. The van der Waals surface area contributed by atoms with Crippen molar-refractivity contribution in [3.05, 3.63) is 59.5 Å². The van der Waals surface area contributed by atoms with Crippen LogP contribution < -0.4 is 0 Å². The molecule has 0 amide bonds. The van der Waals surface area contributed by atoms with Gasteiger partial charge in [0.05, 0.1) is 17.8 Å². The third-order valence-corrected chi connectivity index (χ3v) is 5.59. The second-order valence-corrected chi connectivity index (χ2v) is 7.84. The first kappa shape index (κ1) is 17.0. The highest BCUT2D eigenvalue weighted by Crippen LogP contribution is 2.42. The van der Waals surface area contributed by atoms with Crippen LogP contribution in [-0.4, -0.2) is 36.5 Å². The first-order valence-electron chi connectivity index (χ1n) is 8.37. The van der Waals surface area contributed by atoms with Crippen molar-refractivity contribution in [2.45, 2.75) is 36.6 Å². The van der Waals surface area contributed by atoms with E-state index in [0.717, 1.165) is 18.4 Å². The number of hydrogen-bond donors (Lipinski definition) is 0. The lowest BCUT2D eigenvalue weighted by Crippen LogP contribution is -2.15. The van der Waals surface area contributed by atoms with Gasteiger partial charge in [-0.2, -0.15) is 5.10 Å². The van der Waals surface area contributed by atoms with Crippen molar-refractivity contribution in [1.82, 2.24) is 19.9 Å². The molecule has 1 fully saturated rings. The average Bonchev–Trinajstić information content (AvgIpc) is 3.13. The quantitative estimate of drug-likeness (QED) is 0.489. The maximum Gasteiger partial charge on any atom is 0.198 e. The molecule has 2 unspecified atom stereocenters. The largest absolute Gasteiger partial charge is 0.612 e. The van der Waals surface area contributed by atoms with Gasteiger partial charge < -0.3 is 9.08 Å². The Morgan fingerprint density at radius 3 is 2.85 bits per heavy atom. The fourth-order valence-electron chi connectivity index (χ4n) is 3.04. The molecule has 2 aromatic heterocycles. The number of rotatable bonds is 6. The molecule has 0 bridgehead atoms.